The van der Waals surface area contributed by atoms with Gasteiger partial charge in [-0.2, -0.15) is 10.2 Å². The Kier molecular flexibility index (Phi) is 5.00. The van der Waals surface area contributed by atoms with Crippen molar-refractivity contribution >= 4 is 17.3 Å². The number of benzene rings is 1. The molecule has 0 spiro atoms. The maximum Gasteiger partial charge on any atom is 0.164 e. The molecule has 3 heterocycles. The average molecular weight is 442 g/mol. The Labute approximate surface area is 195 Å². The molecule has 2 atom stereocenters. The van der Waals surface area contributed by atoms with Crippen molar-refractivity contribution in [1.82, 2.24) is 10.3 Å². The number of nitrogens with zero attached hydrogens (tertiary/aromatic N) is 4. The van der Waals surface area contributed by atoms with Crippen LogP contribution in [-0.2, 0) is 10.2 Å². The van der Waals surface area contributed by atoms with Crippen LogP contribution in [0.3, 0.4) is 0 Å². The molecule has 170 valence electrons. The third kappa shape index (κ3) is 3.39. The van der Waals surface area contributed by atoms with Crippen LogP contribution in [0.25, 0.3) is 0 Å². The zero-order chi connectivity index (χ0) is 23.4. The van der Waals surface area contributed by atoms with E-state index in [4.69, 9.17) is 0 Å². The first kappa shape index (κ1) is 21.6. The minimum absolute atomic E-state index is 0.0712. The standard InChI is InChI=1S/C27H31N5O/c1-6-27(18-8-7-9-19(13-18)32(5)23-12-17(2)10-11-28-23)20-16-29-31-25(20)30-21-14-26(3,4)15-22(33)24(21)27/h7-13,16,25,30H,6,14-15H2,1-5H3/t25?,27-/m0/s1. The second kappa shape index (κ2) is 7.65. The van der Waals surface area contributed by atoms with Gasteiger partial charge in [0.25, 0.3) is 0 Å². The van der Waals surface area contributed by atoms with E-state index in [2.05, 4.69) is 83.5 Å². The van der Waals surface area contributed by atoms with E-state index in [9.17, 15) is 4.79 Å². The third-order valence-corrected chi connectivity index (χ3v) is 7.28. The van der Waals surface area contributed by atoms with Crippen LogP contribution in [-0.4, -0.2) is 24.0 Å². The number of allylic oxidation sites excluding steroid dienone is 2. The number of anilines is 2. The highest BCUT2D eigenvalue weighted by Crippen LogP contribution is 2.54. The number of aromatic nitrogens is 1. The van der Waals surface area contributed by atoms with Crippen LogP contribution >= 0.6 is 0 Å². The van der Waals surface area contributed by atoms with E-state index in [0.29, 0.717) is 6.42 Å². The van der Waals surface area contributed by atoms with Crippen molar-refractivity contribution in [3.8, 4) is 0 Å². The quantitative estimate of drug-likeness (QED) is 0.658. The molecule has 1 aromatic heterocycles. The Morgan fingerprint density at radius 3 is 2.76 bits per heavy atom. The molecule has 1 N–H and O–H groups in total. The normalized spacial score (nSPS) is 25.3. The van der Waals surface area contributed by atoms with Crippen LogP contribution in [0.5, 0.6) is 0 Å². The summed E-state index contributed by atoms with van der Waals surface area (Å²) in [5.74, 6) is 1.11. The van der Waals surface area contributed by atoms with Crippen LogP contribution in [0.1, 0.15) is 51.2 Å². The zero-order valence-electron chi connectivity index (χ0n) is 20.0. The molecule has 33 heavy (non-hydrogen) atoms. The van der Waals surface area contributed by atoms with Crippen LogP contribution in [0.4, 0.5) is 11.5 Å². The van der Waals surface area contributed by atoms with Crippen molar-refractivity contribution in [3.63, 3.8) is 0 Å². The molecule has 3 aliphatic rings. The third-order valence-electron chi connectivity index (χ3n) is 7.28. The number of pyridine rings is 1. The monoisotopic (exact) mass is 441 g/mol. The number of azo groups is 1. The van der Waals surface area contributed by atoms with Gasteiger partial charge in [0.15, 0.2) is 11.9 Å². The molecule has 2 aromatic rings. The first-order valence-corrected chi connectivity index (χ1v) is 11.7. The highest BCUT2D eigenvalue weighted by atomic mass is 16.1. The van der Waals surface area contributed by atoms with Gasteiger partial charge in [0.05, 0.1) is 11.6 Å². The molecular weight excluding hydrogens is 410 g/mol. The van der Waals surface area contributed by atoms with Crippen LogP contribution in [0, 0.1) is 12.3 Å². The number of carbonyl (C=O) groups is 1. The Bertz CT molecular complexity index is 1220. The SMILES string of the molecule is CC[C@]1(c2cccc(N(C)c3cc(C)ccn3)c2)C2=CN=NC2NC2=C1C(=O)CC(C)(C)C2. The van der Waals surface area contributed by atoms with Gasteiger partial charge in [-0.05, 0) is 60.6 Å². The van der Waals surface area contributed by atoms with Gasteiger partial charge in [-0.1, -0.05) is 32.9 Å². The predicted octanol–water partition coefficient (Wildman–Crippen LogP) is 5.73. The maximum atomic E-state index is 13.7. The summed E-state index contributed by atoms with van der Waals surface area (Å²) in [5, 5.41) is 12.3. The summed E-state index contributed by atoms with van der Waals surface area (Å²) in [5.41, 5.74) is 5.67. The molecule has 0 saturated carbocycles. The first-order chi connectivity index (χ1) is 15.7. The van der Waals surface area contributed by atoms with E-state index in [1.807, 2.05) is 25.5 Å². The minimum atomic E-state index is -0.542. The number of fused-ring (bicyclic) bond motifs is 1. The second-order valence-electron chi connectivity index (χ2n) is 10.2. The summed E-state index contributed by atoms with van der Waals surface area (Å²) in [6.45, 7) is 8.56. The lowest BCUT2D eigenvalue weighted by Gasteiger charge is -2.48. The van der Waals surface area contributed by atoms with Crippen LogP contribution in [0.2, 0.25) is 0 Å². The smallest absolute Gasteiger partial charge is 0.164 e. The molecule has 1 aliphatic carbocycles. The Morgan fingerprint density at radius 1 is 1.18 bits per heavy atom. The summed E-state index contributed by atoms with van der Waals surface area (Å²) in [6.07, 6.45) is 5.63. The summed E-state index contributed by atoms with van der Waals surface area (Å²) < 4.78 is 0. The van der Waals surface area contributed by atoms with Gasteiger partial charge in [-0.3, -0.25) is 4.79 Å². The first-order valence-electron chi connectivity index (χ1n) is 11.7. The number of nitrogens with one attached hydrogen (secondary N) is 1. The highest BCUT2D eigenvalue weighted by Gasteiger charge is 2.53. The predicted molar refractivity (Wildman–Crippen MR) is 130 cm³/mol. The Hall–Kier alpha value is -3.28. The van der Waals surface area contributed by atoms with Crippen molar-refractivity contribution in [2.75, 3.05) is 11.9 Å². The van der Waals surface area contributed by atoms with E-state index in [1.54, 1.807) is 0 Å². The zero-order valence-corrected chi connectivity index (χ0v) is 20.0. The molecule has 0 radical (unpaired) electrons. The summed E-state index contributed by atoms with van der Waals surface area (Å²) in [6, 6.07) is 12.6. The fourth-order valence-corrected chi connectivity index (χ4v) is 5.71. The lowest BCUT2D eigenvalue weighted by molar-refractivity contribution is -0.119. The Balaban J connectivity index is 1.67. The number of carbonyl (C=O) groups excluding carboxylic acids is 1. The summed E-state index contributed by atoms with van der Waals surface area (Å²) in [4.78, 5) is 20.3. The van der Waals surface area contributed by atoms with Gasteiger partial charge < -0.3 is 10.2 Å². The number of aryl methyl sites for hydroxylation is 1. The largest absolute Gasteiger partial charge is 0.362 e. The minimum Gasteiger partial charge on any atom is -0.362 e. The molecule has 0 fully saturated rings. The van der Waals surface area contributed by atoms with E-state index in [0.717, 1.165) is 46.8 Å². The van der Waals surface area contributed by atoms with Crippen molar-refractivity contribution in [2.24, 2.45) is 15.6 Å². The molecule has 0 amide bonds. The molecular formula is C27H31N5O. The number of Topliss-reactive ketones (excluding diaryl/α,β-unsaturated/α-hetero) is 1. The molecule has 5 rings (SSSR count). The van der Waals surface area contributed by atoms with Gasteiger partial charge >= 0.3 is 0 Å². The number of rotatable bonds is 4. The average Bonchev–Trinajstić information content (AvgIpc) is 3.25. The van der Waals surface area contributed by atoms with Gasteiger partial charge in [0, 0.05) is 42.2 Å². The number of hydrogen-bond donors (Lipinski definition) is 1. The van der Waals surface area contributed by atoms with Crippen molar-refractivity contribution in [2.45, 2.75) is 58.5 Å². The number of hydrogen-bond acceptors (Lipinski definition) is 6. The lowest BCUT2D eigenvalue weighted by Crippen LogP contribution is -2.51. The van der Waals surface area contributed by atoms with Crippen LogP contribution < -0.4 is 10.2 Å². The molecule has 1 unspecified atom stereocenters. The molecule has 0 saturated heterocycles. The fourth-order valence-electron chi connectivity index (χ4n) is 5.71. The maximum absolute atomic E-state index is 13.7. The van der Waals surface area contributed by atoms with Gasteiger partial charge in [-0.25, -0.2) is 4.98 Å². The highest BCUT2D eigenvalue weighted by molar-refractivity contribution is 6.01. The Morgan fingerprint density at radius 2 is 2.00 bits per heavy atom. The van der Waals surface area contributed by atoms with Gasteiger partial charge in [0.1, 0.15) is 5.82 Å². The van der Waals surface area contributed by atoms with Crippen molar-refractivity contribution < 1.29 is 4.79 Å². The van der Waals surface area contributed by atoms with Crippen LogP contribution in [0.15, 0.2) is 75.9 Å². The molecule has 1 aromatic carbocycles. The van der Waals surface area contributed by atoms with Crippen molar-refractivity contribution in [3.05, 3.63) is 76.8 Å². The fraction of sp³-hybridized carbons (Fsp3) is 0.407. The summed E-state index contributed by atoms with van der Waals surface area (Å²) >= 11 is 0. The molecule has 2 aliphatic heterocycles. The molecule has 6 nitrogen and oxygen atoms in total. The van der Waals surface area contributed by atoms with Gasteiger partial charge in [-0.15, -0.1) is 0 Å². The van der Waals surface area contributed by atoms with Gasteiger partial charge in [0.2, 0.25) is 0 Å². The molecule has 0 bridgehead atoms. The second-order valence-corrected chi connectivity index (χ2v) is 10.2. The van der Waals surface area contributed by atoms with E-state index in [1.165, 1.54) is 5.56 Å². The van der Waals surface area contributed by atoms with Crippen molar-refractivity contribution in [1.29, 1.82) is 0 Å². The topological polar surface area (TPSA) is 70.0 Å². The molecule has 6 heteroatoms. The lowest BCUT2D eigenvalue weighted by atomic mass is 9.59. The van der Waals surface area contributed by atoms with E-state index >= 15 is 0 Å². The van der Waals surface area contributed by atoms with E-state index < -0.39 is 5.41 Å². The summed E-state index contributed by atoms with van der Waals surface area (Å²) in [7, 11) is 2.03. The number of ketones is 1. The van der Waals surface area contributed by atoms with E-state index in [-0.39, 0.29) is 17.4 Å².